The van der Waals surface area contributed by atoms with Gasteiger partial charge in [-0.2, -0.15) is 0 Å². The van der Waals surface area contributed by atoms with Gasteiger partial charge in [0.1, 0.15) is 0 Å². The summed E-state index contributed by atoms with van der Waals surface area (Å²) in [6, 6.07) is 0. The van der Waals surface area contributed by atoms with Crippen molar-refractivity contribution in [1.29, 1.82) is 0 Å². The molecule has 2 aliphatic rings. The quantitative estimate of drug-likeness (QED) is 0.336. The number of hydrogen-bond donors (Lipinski definition) is 0. The summed E-state index contributed by atoms with van der Waals surface area (Å²) in [4.78, 5) is 0. The normalized spacial score (nSPS) is 34.9. The zero-order chi connectivity index (χ0) is 12.1. The minimum absolute atomic E-state index is 0.870. The van der Waals surface area contributed by atoms with Gasteiger partial charge in [0.2, 0.25) is 0 Å². The van der Waals surface area contributed by atoms with Gasteiger partial charge in [-0.1, -0.05) is 35.4 Å². The summed E-state index contributed by atoms with van der Waals surface area (Å²) in [6.45, 7) is 4.54. The molecule has 4 atom stereocenters. The summed E-state index contributed by atoms with van der Waals surface area (Å²) >= 11 is 8.58. The molecule has 0 radical (unpaired) electrons. The molecule has 0 aromatic rings. The lowest BCUT2D eigenvalue weighted by Gasteiger charge is -1.97. The topological polar surface area (TPSA) is 0 Å². The van der Waals surface area contributed by atoms with Gasteiger partial charge in [0, 0.05) is 0 Å². The molecule has 4 unspecified atom stereocenters. The van der Waals surface area contributed by atoms with Crippen molar-refractivity contribution in [1.82, 2.24) is 0 Å². The molecule has 100 valence electrons. The Hall–Kier alpha value is 2.45. The van der Waals surface area contributed by atoms with Gasteiger partial charge >= 0.3 is 0 Å². The summed E-state index contributed by atoms with van der Waals surface area (Å²) in [6.07, 6.45) is 2.63. The number of thioether (sulfide) groups is 4. The highest BCUT2D eigenvalue weighted by Gasteiger charge is 2.42. The van der Waals surface area contributed by atoms with E-state index in [0.717, 1.165) is 18.3 Å². The Labute approximate surface area is 134 Å². The van der Waals surface area contributed by atoms with Crippen molar-refractivity contribution < 1.29 is 0 Å². The van der Waals surface area contributed by atoms with E-state index in [4.69, 9.17) is 0 Å². The average molecular weight is 363 g/mol. The molecule has 7 heteroatoms. The van der Waals surface area contributed by atoms with Gasteiger partial charge in [-0.25, -0.2) is 0 Å². The molecule has 2 fully saturated rings. The first-order valence-electron chi connectivity index (χ1n) is 5.88. The van der Waals surface area contributed by atoms with E-state index in [1.165, 1.54) is 24.3 Å². The Balaban J connectivity index is 1.41. The van der Waals surface area contributed by atoms with Gasteiger partial charge < -0.3 is 0 Å². The largest absolute Gasteiger partial charge is 0.145 e. The molecule has 0 aliphatic carbocycles. The monoisotopic (exact) mass is 362 g/mol. The summed E-state index contributed by atoms with van der Waals surface area (Å²) < 4.78 is 3.53. The van der Waals surface area contributed by atoms with Crippen molar-refractivity contribution in [2.75, 3.05) is 11.5 Å². The maximum absolute atomic E-state index is 2.27. The predicted molar refractivity (Wildman–Crippen MR) is 98.6 cm³/mol. The van der Waals surface area contributed by atoms with E-state index >= 15 is 0 Å². The van der Waals surface area contributed by atoms with Crippen LogP contribution in [0.5, 0.6) is 0 Å². The van der Waals surface area contributed by atoms with Crippen LogP contribution in [0.4, 0.5) is 0 Å². The third-order valence-electron chi connectivity index (χ3n) is 2.07. The van der Waals surface area contributed by atoms with E-state index in [1.54, 1.807) is 0 Å². The molecule has 2 saturated heterocycles. The van der Waals surface area contributed by atoms with Crippen LogP contribution in [0.1, 0.15) is 26.7 Å². The molecule has 0 saturated carbocycles. The first kappa shape index (κ1) is 15.8. The minimum Gasteiger partial charge on any atom is -0.145 e. The molecule has 0 spiro atoms. The average Bonchev–Trinajstić information content (AvgIpc) is 3.22. The fourth-order valence-corrected chi connectivity index (χ4v) is 14.6. The molecule has 17 heavy (non-hydrogen) atoms. The lowest BCUT2D eigenvalue weighted by atomic mass is 10.6. The molecular weight excluding hydrogens is 345 g/mol. The molecule has 0 nitrogen and oxygen atoms in total. The first-order chi connectivity index (χ1) is 8.35. The van der Waals surface area contributed by atoms with Crippen LogP contribution in [0, 0.1) is 0 Å². The highest BCUT2D eigenvalue weighted by molar-refractivity contribution is 9.11. The van der Waals surface area contributed by atoms with Gasteiger partial charge in [0.15, 0.2) is 0 Å². The molecule has 0 aromatic heterocycles. The Kier molecular flexibility index (Phi) is 8.08. The van der Waals surface area contributed by atoms with E-state index in [-0.39, 0.29) is 0 Å². The Morgan fingerprint density at radius 1 is 0.765 bits per heavy atom. The standard InChI is InChI=1S/C10H18S7/c1-3-5-11-7-9(13-7)15-17-16-10-8(14-10)12-6-4-2/h7-10H,3-6H2,1-2H3. The molecule has 2 rings (SSSR count). The second-order valence-electron chi connectivity index (χ2n) is 3.75. The highest BCUT2D eigenvalue weighted by atomic mass is 33.5. The van der Waals surface area contributed by atoms with Gasteiger partial charge in [-0.05, 0) is 34.2 Å². The predicted octanol–water partition coefficient (Wildman–Crippen LogP) is 6.10. The second kappa shape index (κ2) is 8.67. The van der Waals surface area contributed by atoms with Crippen LogP contribution >= 0.6 is 78.5 Å². The van der Waals surface area contributed by atoms with Crippen LogP contribution in [0.15, 0.2) is 0 Å². The van der Waals surface area contributed by atoms with E-state index in [9.17, 15) is 0 Å². The SMILES string of the molecule is CCCSC1SC1SSSC1SC1SCCC. The minimum atomic E-state index is 0.870. The van der Waals surface area contributed by atoms with Crippen LogP contribution in [-0.2, 0) is 0 Å². The van der Waals surface area contributed by atoms with Crippen molar-refractivity contribution in [3.8, 4) is 0 Å². The summed E-state index contributed by atoms with van der Waals surface area (Å²) in [5.74, 6) is 2.67. The molecule has 0 bridgehead atoms. The molecule has 0 amide bonds. The first-order valence-corrected chi connectivity index (χ1v) is 13.5. The zero-order valence-electron chi connectivity index (χ0n) is 10.00. The van der Waals surface area contributed by atoms with E-state index in [0.29, 0.717) is 0 Å². The van der Waals surface area contributed by atoms with Crippen LogP contribution in [0.3, 0.4) is 0 Å². The van der Waals surface area contributed by atoms with Crippen LogP contribution in [0.25, 0.3) is 0 Å². The van der Waals surface area contributed by atoms with Crippen LogP contribution in [0.2, 0.25) is 0 Å². The Morgan fingerprint density at radius 3 is 1.65 bits per heavy atom. The molecule has 2 aliphatic heterocycles. The zero-order valence-corrected chi connectivity index (χ0v) is 15.7. The fraction of sp³-hybridized carbons (Fsp3) is 1.00. The van der Waals surface area contributed by atoms with E-state index < -0.39 is 0 Å². The van der Waals surface area contributed by atoms with Crippen LogP contribution < -0.4 is 0 Å². The summed E-state index contributed by atoms with van der Waals surface area (Å²) in [5, 5.41) is 0. The Bertz CT molecular complexity index is 203. The maximum Gasteiger partial charge on any atom is 0.0836 e. The van der Waals surface area contributed by atoms with Crippen molar-refractivity contribution in [2.24, 2.45) is 0 Å². The third kappa shape index (κ3) is 6.17. The fourth-order valence-electron chi connectivity index (χ4n) is 1.11. The lowest BCUT2D eigenvalue weighted by Crippen LogP contribution is -1.84. The van der Waals surface area contributed by atoms with E-state index in [2.05, 4.69) is 82.5 Å². The van der Waals surface area contributed by atoms with Crippen molar-refractivity contribution in [3.05, 3.63) is 0 Å². The van der Waals surface area contributed by atoms with Gasteiger partial charge in [-0.3, -0.25) is 0 Å². The van der Waals surface area contributed by atoms with E-state index in [1.807, 2.05) is 9.83 Å². The Morgan fingerprint density at radius 2 is 1.24 bits per heavy atom. The van der Waals surface area contributed by atoms with Crippen molar-refractivity contribution >= 4 is 78.5 Å². The lowest BCUT2D eigenvalue weighted by molar-refractivity contribution is 1.11. The summed E-state index contributed by atoms with van der Waals surface area (Å²) in [5.41, 5.74) is 0. The molecule has 0 aromatic carbocycles. The van der Waals surface area contributed by atoms with Crippen molar-refractivity contribution in [2.45, 2.75) is 45.0 Å². The van der Waals surface area contributed by atoms with Gasteiger partial charge in [-0.15, -0.1) is 47.0 Å². The van der Waals surface area contributed by atoms with Gasteiger partial charge in [0.05, 0.1) is 18.3 Å². The maximum atomic E-state index is 2.27. The third-order valence-corrected chi connectivity index (χ3v) is 14.8. The number of hydrogen-bond acceptors (Lipinski definition) is 7. The van der Waals surface area contributed by atoms with Crippen LogP contribution in [-0.4, -0.2) is 29.8 Å². The summed E-state index contributed by atoms with van der Waals surface area (Å²) in [7, 11) is 6.22. The number of rotatable bonds is 10. The smallest absolute Gasteiger partial charge is 0.0836 e. The van der Waals surface area contributed by atoms with Gasteiger partial charge in [0.25, 0.3) is 0 Å². The highest BCUT2D eigenvalue weighted by Crippen LogP contribution is 2.65. The van der Waals surface area contributed by atoms with Crippen molar-refractivity contribution in [3.63, 3.8) is 0 Å². The molecule has 0 N–H and O–H groups in total. The molecule has 2 heterocycles. The molecular formula is C10H18S7. The second-order valence-corrected chi connectivity index (χ2v) is 14.3.